The van der Waals surface area contributed by atoms with Gasteiger partial charge in [0, 0.05) is 23.0 Å². The number of alkyl halides is 1. The maximum Gasteiger partial charge on any atom is 0.246 e. The van der Waals surface area contributed by atoms with Gasteiger partial charge in [-0.15, -0.1) is 0 Å². The molecule has 0 radical (unpaired) electrons. The molecule has 32 heavy (non-hydrogen) atoms. The number of fused-ring (bicyclic) bond motifs is 4. The molecule has 1 aromatic carbocycles. The number of carbonyl (C=O) groups is 1. The lowest BCUT2D eigenvalue weighted by Gasteiger charge is -2.43. The number of sulfonamides is 1. The van der Waals surface area contributed by atoms with Gasteiger partial charge in [0.15, 0.2) is 0 Å². The predicted octanol–water partition coefficient (Wildman–Crippen LogP) is 2.62. The highest BCUT2D eigenvalue weighted by atomic mass is 32.2. The number of carbonyl (C=O) groups excluding carboxylic acids is 1. The van der Waals surface area contributed by atoms with Crippen molar-refractivity contribution in [2.75, 3.05) is 12.0 Å². The topological polar surface area (TPSA) is 132 Å². The van der Waals surface area contributed by atoms with Crippen LogP contribution in [-0.2, 0) is 20.4 Å². The third kappa shape index (κ3) is 3.32. The van der Waals surface area contributed by atoms with Gasteiger partial charge < -0.3 is 15.2 Å². The molecule has 4 N–H and O–H groups in total. The van der Waals surface area contributed by atoms with Gasteiger partial charge in [0.25, 0.3) is 0 Å². The summed E-state index contributed by atoms with van der Waals surface area (Å²) in [4.78, 5) is 22.1. The molecule has 1 saturated carbocycles. The molecule has 3 aromatic rings. The standard InChI is InChI=1S/C21H23FN6O3S/c22-11-16-17-10-13-12-24-20(25-14-4-6-15(7-5-14)32(23,30)31)27-18(13)28(17)21(19(29)26-16)8-2-1-3-9-21/h4-7,10,12,16H,1-3,8-9,11H2,(H,26,29)(H2,23,30,31)(H,24,25,27)/t16-/m0/s1. The zero-order valence-corrected chi connectivity index (χ0v) is 18.0. The molecule has 0 bridgehead atoms. The fraction of sp³-hybridized carbons (Fsp3) is 0.381. The van der Waals surface area contributed by atoms with Crippen molar-refractivity contribution in [3.05, 3.63) is 42.2 Å². The van der Waals surface area contributed by atoms with Gasteiger partial charge in [-0.1, -0.05) is 19.3 Å². The first-order chi connectivity index (χ1) is 15.3. The molecular weight excluding hydrogens is 435 g/mol. The molecule has 1 aliphatic heterocycles. The van der Waals surface area contributed by atoms with E-state index < -0.39 is 28.3 Å². The number of amides is 1. The van der Waals surface area contributed by atoms with Crippen LogP contribution < -0.4 is 15.8 Å². The molecular formula is C21H23FN6O3S. The normalized spacial score (nSPS) is 20.2. The first-order valence-corrected chi connectivity index (χ1v) is 12.0. The fourth-order valence-electron chi connectivity index (χ4n) is 4.81. The Kier molecular flexibility index (Phi) is 4.90. The highest BCUT2D eigenvalue weighted by molar-refractivity contribution is 7.89. The second-order valence-electron chi connectivity index (χ2n) is 8.34. The number of hydrogen-bond acceptors (Lipinski definition) is 6. The van der Waals surface area contributed by atoms with E-state index in [9.17, 15) is 17.6 Å². The van der Waals surface area contributed by atoms with Gasteiger partial charge in [0.2, 0.25) is 21.9 Å². The molecule has 0 saturated heterocycles. The van der Waals surface area contributed by atoms with Crippen molar-refractivity contribution in [2.45, 2.75) is 48.6 Å². The third-order valence-corrected chi connectivity index (χ3v) is 7.29. The van der Waals surface area contributed by atoms with Gasteiger partial charge in [-0.25, -0.2) is 22.9 Å². The zero-order chi connectivity index (χ0) is 22.5. The van der Waals surface area contributed by atoms with Crippen molar-refractivity contribution >= 4 is 38.6 Å². The Morgan fingerprint density at radius 3 is 2.59 bits per heavy atom. The molecule has 1 amide bonds. The number of benzene rings is 1. The molecule has 9 nitrogen and oxygen atoms in total. The van der Waals surface area contributed by atoms with E-state index in [0.29, 0.717) is 29.9 Å². The van der Waals surface area contributed by atoms with Gasteiger partial charge in [-0.05, 0) is 43.2 Å². The van der Waals surface area contributed by atoms with Crippen molar-refractivity contribution in [1.82, 2.24) is 19.9 Å². The number of nitrogens with zero attached hydrogens (tertiary/aromatic N) is 3. The maximum absolute atomic E-state index is 13.8. The summed E-state index contributed by atoms with van der Waals surface area (Å²) in [5, 5.41) is 11.8. The minimum absolute atomic E-state index is 0.00240. The largest absolute Gasteiger partial charge is 0.343 e. The van der Waals surface area contributed by atoms with Gasteiger partial charge in [-0.3, -0.25) is 4.79 Å². The van der Waals surface area contributed by atoms with Crippen molar-refractivity contribution in [1.29, 1.82) is 0 Å². The number of anilines is 2. The van der Waals surface area contributed by atoms with Gasteiger partial charge in [0.1, 0.15) is 17.9 Å². The highest BCUT2D eigenvalue weighted by Gasteiger charge is 2.48. The van der Waals surface area contributed by atoms with E-state index in [1.807, 2.05) is 10.6 Å². The monoisotopic (exact) mass is 458 g/mol. The van der Waals surface area contributed by atoms with Gasteiger partial charge in [0.05, 0.1) is 10.9 Å². The van der Waals surface area contributed by atoms with Crippen LogP contribution in [0.4, 0.5) is 16.0 Å². The summed E-state index contributed by atoms with van der Waals surface area (Å²) < 4.78 is 38.6. The number of nitrogens with one attached hydrogen (secondary N) is 2. The minimum atomic E-state index is -3.78. The molecule has 2 aliphatic rings. The van der Waals surface area contributed by atoms with Crippen LogP contribution in [0.3, 0.4) is 0 Å². The Morgan fingerprint density at radius 1 is 1.22 bits per heavy atom. The summed E-state index contributed by atoms with van der Waals surface area (Å²) in [6, 6.07) is 7.04. The van der Waals surface area contributed by atoms with E-state index in [1.165, 1.54) is 12.1 Å². The fourth-order valence-corrected chi connectivity index (χ4v) is 5.32. The maximum atomic E-state index is 13.8. The predicted molar refractivity (Wildman–Crippen MR) is 117 cm³/mol. The van der Waals surface area contributed by atoms with E-state index in [2.05, 4.69) is 20.6 Å². The van der Waals surface area contributed by atoms with Crippen LogP contribution in [0.2, 0.25) is 0 Å². The molecule has 1 fully saturated rings. The van der Waals surface area contributed by atoms with E-state index >= 15 is 0 Å². The van der Waals surface area contributed by atoms with E-state index in [1.54, 1.807) is 18.3 Å². The van der Waals surface area contributed by atoms with Crippen LogP contribution in [0.15, 0.2) is 41.4 Å². The van der Waals surface area contributed by atoms with Crippen LogP contribution in [-0.4, -0.2) is 35.5 Å². The second kappa shape index (κ2) is 7.52. The molecule has 11 heteroatoms. The summed E-state index contributed by atoms with van der Waals surface area (Å²) >= 11 is 0. The Hall–Kier alpha value is -3.05. The number of primary sulfonamides is 1. The third-order valence-electron chi connectivity index (χ3n) is 6.36. The summed E-state index contributed by atoms with van der Waals surface area (Å²) in [6.07, 6.45) is 5.89. The van der Waals surface area contributed by atoms with E-state index in [4.69, 9.17) is 5.14 Å². The molecule has 0 unspecified atom stereocenters. The Morgan fingerprint density at radius 2 is 1.94 bits per heavy atom. The van der Waals surface area contributed by atoms with E-state index in [0.717, 1.165) is 24.6 Å². The lowest BCUT2D eigenvalue weighted by molar-refractivity contribution is -0.134. The van der Waals surface area contributed by atoms with Crippen molar-refractivity contribution < 1.29 is 17.6 Å². The highest BCUT2D eigenvalue weighted by Crippen LogP contribution is 2.43. The van der Waals surface area contributed by atoms with Crippen molar-refractivity contribution in [3.8, 4) is 0 Å². The van der Waals surface area contributed by atoms with Gasteiger partial charge in [-0.2, -0.15) is 4.98 Å². The van der Waals surface area contributed by atoms with Crippen LogP contribution in [0, 0.1) is 0 Å². The molecule has 1 spiro atoms. The minimum Gasteiger partial charge on any atom is -0.343 e. The van der Waals surface area contributed by atoms with Crippen LogP contribution in [0.25, 0.3) is 11.0 Å². The summed E-state index contributed by atoms with van der Waals surface area (Å²) in [5.41, 5.74) is 1.08. The Labute approximate surface area is 184 Å². The number of aromatic nitrogens is 3. The Balaban J connectivity index is 1.58. The lowest BCUT2D eigenvalue weighted by Crippen LogP contribution is -2.56. The summed E-state index contributed by atoms with van der Waals surface area (Å²) in [6.45, 7) is -0.701. The molecule has 1 atom stereocenters. The van der Waals surface area contributed by atoms with Crippen molar-refractivity contribution in [3.63, 3.8) is 0 Å². The zero-order valence-electron chi connectivity index (χ0n) is 17.2. The molecule has 1 aliphatic carbocycles. The average molecular weight is 459 g/mol. The average Bonchev–Trinajstić information content (AvgIpc) is 3.16. The molecule has 5 rings (SSSR count). The summed E-state index contributed by atoms with van der Waals surface area (Å²) in [7, 11) is -3.78. The smallest absolute Gasteiger partial charge is 0.246 e. The quantitative estimate of drug-likeness (QED) is 0.551. The Bertz CT molecular complexity index is 1300. The van der Waals surface area contributed by atoms with E-state index in [-0.39, 0.29) is 16.8 Å². The first-order valence-electron chi connectivity index (χ1n) is 10.5. The lowest BCUT2D eigenvalue weighted by atomic mass is 9.79. The number of rotatable bonds is 4. The molecule has 2 aromatic heterocycles. The van der Waals surface area contributed by atoms with Gasteiger partial charge >= 0.3 is 0 Å². The molecule has 168 valence electrons. The van der Waals surface area contributed by atoms with Crippen LogP contribution >= 0.6 is 0 Å². The number of halogens is 1. The SMILES string of the molecule is NS(=O)(=O)c1ccc(Nc2ncc3cc4n(c3n2)C2(CCCCC2)C(=O)N[C@H]4CF)cc1. The number of hydrogen-bond donors (Lipinski definition) is 3. The molecule has 3 heterocycles. The first kappa shape index (κ1) is 20.8. The second-order valence-corrected chi connectivity index (χ2v) is 9.91. The van der Waals surface area contributed by atoms with Crippen LogP contribution in [0.1, 0.15) is 43.8 Å². The van der Waals surface area contributed by atoms with Crippen LogP contribution in [0.5, 0.6) is 0 Å². The number of nitrogens with two attached hydrogens (primary N) is 1. The summed E-state index contributed by atoms with van der Waals surface area (Å²) in [5.74, 6) is 0.132. The van der Waals surface area contributed by atoms with Crippen molar-refractivity contribution in [2.24, 2.45) is 5.14 Å².